The van der Waals surface area contributed by atoms with Crippen LogP contribution < -0.4 is 0 Å². The van der Waals surface area contributed by atoms with Gasteiger partial charge in [-0.1, -0.05) is 0 Å². The second-order valence-corrected chi connectivity index (χ2v) is 5.43. The van der Waals surface area contributed by atoms with Gasteiger partial charge in [0.05, 0.1) is 0 Å². The molecule has 0 fully saturated rings. The molecular formula is C10H15O5P. The fourth-order valence-electron chi connectivity index (χ4n) is 1.41. The third-order valence-corrected chi connectivity index (χ3v) is 3.11. The van der Waals surface area contributed by atoms with E-state index < -0.39 is 7.60 Å². The van der Waals surface area contributed by atoms with Crippen molar-refractivity contribution < 1.29 is 24.6 Å². The highest BCUT2D eigenvalue weighted by molar-refractivity contribution is 7.51. The lowest BCUT2D eigenvalue weighted by molar-refractivity contribution is 0.371. The minimum Gasteiger partial charge on any atom is -0.508 e. The first-order valence-corrected chi connectivity index (χ1v) is 6.74. The van der Waals surface area contributed by atoms with E-state index in [0.717, 1.165) is 0 Å². The molecule has 5 nitrogen and oxygen atoms in total. The van der Waals surface area contributed by atoms with E-state index in [4.69, 9.17) is 9.79 Å². The number of aromatic hydroxyl groups is 2. The van der Waals surface area contributed by atoms with Crippen molar-refractivity contribution in [3.8, 4) is 11.5 Å². The Kier molecular flexibility index (Phi) is 4.35. The van der Waals surface area contributed by atoms with Crippen LogP contribution in [0, 0.1) is 0 Å². The molecule has 0 amide bonds. The topological polar surface area (TPSA) is 98.0 Å². The molecule has 0 bridgehead atoms. The lowest BCUT2D eigenvalue weighted by Gasteiger charge is -2.06. The average Bonchev–Trinajstić information content (AvgIpc) is 2.16. The predicted molar refractivity (Wildman–Crippen MR) is 59.6 cm³/mol. The molecule has 1 aromatic carbocycles. The summed E-state index contributed by atoms with van der Waals surface area (Å²) < 4.78 is 10.6. The van der Waals surface area contributed by atoms with Crippen molar-refractivity contribution in [1.82, 2.24) is 0 Å². The molecule has 0 aromatic heterocycles. The lowest BCUT2D eigenvalue weighted by Crippen LogP contribution is -1.91. The van der Waals surface area contributed by atoms with Crippen LogP contribution in [0.4, 0.5) is 0 Å². The molecule has 4 N–H and O–H groups in total. The highest BCUT2D eigenvalue weighted by Crippen LogP contribution is 2.35. The van der Waals surface area contributed by atoms with E-state index in [1.165, 1.54) is 18.2 Å². The highest BCUT2D eigenvalue weighted by Gasteiger charge is 2.11. The standard InChI is InChI=1S/C10H15O5P/c11-9-4-5-10(12)8(7-9)3-1-2-6-16(13,14)15/h4-5,7,11-12H,1-3,6H2,(H2,13,14,15). The van der Waals surface area contributed by atoms with Gasteiger partial charge in [0.1, 0.15) is 11.5 Å². The van der Waals surface area contributed by atoms with Crippen LogP contribution in [0.25, 0.3) is 0 Å². The van der Waals surface area contributed by atoms with Gasteiger partial charge in [0.2, 0.25) is 0 Å². The number of unbranched alkanes of at least 4 members (excludes halogenated alkanes) is 1. The summed E-state index contributed by atoms with van der Waals surface area (Å²) in [6, 6.07) is 4.23. The molecule has 0 aliphatic rings. The zero-order valence-electron chi connectivity index (χ0n) is 8.70. The van der Waals surface area contributed by atoms with Crippen LogP contribution in [0.3, 0.4) is 0 Å². The molecule has 0 spiro atoms. The van der Waals surface area contributed by atoms with Crippen LogP contribution in [0.2, 0.25) is 0 Å². The van der Waals surface area contributed by atoms with E-state index in [-0.39, 0.29) is 17.7 Å². The van der Waals surface area contributed by atoms with E-state index in [1.54, 1.807) is 0 Å². The van der Waals surface area contributed by atoms with Crippen molar-refractivity contribution in [2.45, 2.75) is 19.3 Å². The molecular weight excluding hydrogens is 231 g/mol. The normalized spacial score (nSPS) is 11.6. The number of phenols is 2. The summed E-state index contributed by atoms with van der Waals surface area (Å²) in [5.74, 6) is 0.164. The maximum atomic E-state index is 10.6. The van der Waals surface area contributed by atoms with E-state index in [2.05, 4.69) is 0 Å². The first kappa shape index (κ1) is 13.0. The second kappa shape index (κ2) is 5.34. The van der Waals surface area contributed by atoms with Gasteiger partial charge in [0, 0.05) is 6.16 Å². The number of phenolic OH excluding ortho intramolecular Hbond substituents is 2. The maximum absolute atomic E-state index is 10.6. The Labute approximate surface area is 93.5 Å². The Hall–Kier alpha value is -1.03. The van der Waals surface area contributed by atoms with Crippen molar-refractivity contribution >= 4 is 7.60 Å². The lowest BCUT2D eigenvalue weighted by atomic mass is 10.1. The van der Waals surface area contributed by atoms with Gasteiger partial charge in [0.15, 0.2) is 0 Å². The van der Waals surface area contributed by atoms with E-state index in [0.29, 0.717) is 24.8 Å². The van der Waals surface area contributed by atoms with Crippen molar-refractivity contribution in [3.63, 3.8) is 0 Å². The van der Waals surface area contributed by atoms with Gasteiger partial charge in [-0.2, -0.15) is 0 Å². The van der Waals surface area contributed by atoms with Crippen molar-refractivity contribution in [2.24, 2.45) is 0 Å². The third-order valence-electron chi connectivity index (χ3n) is 2.21. The Bertz CT molecular complexity index is 398. The first-order valence-electron chi connectivity index (χ1n) is 4.94. The van der Waals surface area contributed by atoms with Crippen LogP contribution in [0.1, 0.15) is 18.4 Å². The minimum absolute atomic E-state index is 0.0720. The summed E-state index contributed by atoms with van der Waals surface area (Å²) in [6.07, 6.45) is 1.29. The van der Waals surface area contributed by atoms with Gasteiger partial charge in [-0.25, -0.2) is 0 Å². The summed E-state index contributed by atoms with van der Waals surface area (Å²) >= 11 is 0. The number of benzene rings is 1. The molecule has 1 rings (SSSR count). The van der Waals surface area contributed by atoms with E-state index in [1.807, 2.05) is 0 Å². The molecule has 6 heteroatoms. The number of aryl methyl sites for hydroxylation is 1. The Morgan fingerprint density at radius 3 is 2.44 bits per heavy atom. The maximum Gasteiger partial charge on any atom is 0.325 e. The quantitative estimate of drug-likeness (QED) is 0.359. The van der Waals surface area contributed by atoms with E-state index in [9.17, 15) is 14.8 Å². The van der Waals surface area contributed by atoms with Gasteiger partial charge < -0.3 is 20.0 Å². The van der Waals surface area contributed by atoms with Crippen molar-refractivity contribution in [3.05, 3.63) is 23.8 Å². The molecule has 0 atom stereocenters. The number of rotatable bonds is 5. The zero-order valence-corrected chi connectivity index (χ0v) is 9.60. The molecule has 0 radical (unpaired) electrons. The molecule has 90 valence electrons. The Balaban J connectivity index is 2.43. The van der Waals surface area contributed by atoms with Gasteiger partial charge >= 0.3 is 7.60 Å². The SMILES string of the molecule is O=P(O)(O)CCCCc1cc(O)ccc1O. The van der Waals surface area contributed by atoms with Crippen LogP contribution >= 0.6 is 7.60 Å². The van der Waals surface area contributed by atoms with Crippen molar-refractivity contribution in [1.29, 1.82) is 0 Å². The van der Waals surface area contributed by atoms with Crippen LogP contribution in [0.5, 0.6) is 11.5 Å². The summed E-state index contributed by atoms with van der Waals surface area (Å²) in [6.45, 7) is 0. The van der Waals surface area contributed by atoms with Crippen molar-refractivity contribution in [2.75, 3.05) is 6.16 Å². The monoisotopic (exact) mass is 246 g/mol. The highest BCUT2D eigenvalue weighted by atomic mass is 31.2. The summed E-state index contributed by atoms with van der Waals surface area (Å²) in [5.41, 5.74) is 0.589. The molecule has 0 unspecified atom stereocenters. The third kappa shape index (κ3) is 4.66. The summed E-state index contributed by atoms with van der Waals surface area (Å²) in [4.78, 5) is 17.3. The fourth-order valence-corrected chi connectivity index (χ4v) is 2.04. The van der Waals surface area contributed by atoms with Crippen LogP contribution in [0.15, 0.2) is 18.2 Å². The summed E-state index contributed by atoms with van der Waals surface area (Å²) in [5, 5.41) is 18.6. The summed E-state index contributed by atoms with van der Waals surface area (Å²) in [7, 11) is -3.92. The van der Waals surface area contributed by atoms with Crippen LogP contribution in [-0.4, -0.2) is 26.2 Å². The molecule has 1 aromatic rings. The molecule has 0 aliphatic carbocycles. The molecule has 0 saturated carbocycles. The molecule has 16 heavy (non-hydrogen) atoms. The van der Waals surface area contributed by atoms with Crippen LogP contribution in [-0.2, 0) is 11.0 Å². The van der Waals surface area contributed by atoms with Gasteiger partial charge in [0.25, 0.3) is 0 Å². The first-order chi connectivity index (χ1) is 7.38. The van der Waals surface area contributed by atoms with Gasteiger partial charge in [-0.15, -0.1) is 0 Å². The van der Waals surface area contributed by atoms with E-state index >= 15 is 0 Å². The number of hydrogen-bond donors (Lipinski definition) is 4. The Morgan fingerprint density at radius 2 is 1.81 bits per heavy atom. The predicted octanol–water partition coefficient (Wildman–Crippen LogP) is 1.60. The Morgan fingerprint density at radius 1 is 1.12 bits per heavy atom. The fraction of sp³-hybridized carbons (Fsp3) is 0.400. The second-order valence-electron chi connectivity index (χ2n) is 3.66. The zero-order chi connectivity index (χ0) is 12.2. The van der Waals surface area contributed by atoms with Gasteiger partial charge in [-0.05, 0) is 43.0 Å². The molecule has 0 heterocycles. The largest absolute Gasteiger partial charge is 0.508 e. The molecule has 0 saturated heterocycles. The number of hydrogen-bond acceptors (Lipinski definition) is 3. The minimum atomic E-state index is -3.92. The molecule has 0 aliphatic heterocycles. The van der Waals surface area contributed by atoms with Gasteiger partial charge in [-0.3, -0.25) is 4.57 Å². The smallest absolute Gasteiger partial charge is 0.325 e. The average molecular weight is 246 g/mol.